The predicted molar refractivity (Wildman–Crippen MR) is 108 cm³/mol. The molecular weight excluding hydrogens is 387 g/mol. The third-order valence-electron chi connectivity index (χ3n) is 3.59. The first kappa shape index (κ1) is 21.0. The molecule has 0 fully saturated rings. The van der Waals surface area contributed by atoms with Crippen LogP contribution in [0.2, 0.25) is 10.0 Å². The fourth-order valence-corrected chi connectivity index (χ4v) is 2.81. The Morgan fingerprint density at radius 1 is 1.04 bits per heavy atom. The van der Waals surface area contributed by atoms with Gasteiger partial charge in [-0.25, -0.2) is 4.79 Å². The van der Waals surface area contributed by atoms with Gasteiger partial charge in [0.05, 0.1) is 6.61 Å². The monoisotopic (exact) mass is 406 g/mol. The summed E-state index contributed by atoms with van der Waals surface area (Å²) in [6.07, 6.45) is 3.09. The Bertz CT molecular complexity index is 835. The van der Waals surface area contributed by atoms with Crippen molar-refractivity contribution in [2.75, 3.05) is 6.61 Å². The molecule has 0 spiro atoms. The largest absolute Gasteiger partial charge is 0.476 e. The topological polar surface area (TPSA) is 52.6 Å². The highest BCUT2D eigenvalue weighted by molar-refractivity contribution is 6.34. The van der Waals surface area contributed by atoms with E-state index in [0.717, 1.165) is 5.56 Å². The van der Waals surface area contributed by atoms with Crippen molar-refractivity contribution in [1.82, 2.24) is 0 Å². The zero-order valence-corrected chi connectivity index (χ0v) is 16.8. The second kappa shape index (κ2) is 9.07. The minimum Gasteiger partial charge on any atom is -0.476 e. The van der Waals surface area contributed by atoms with Gasteiger partial charge in [0.2, 0.25) is 0 Å². The number of ether oxygens (including phenoxy) is 2. The van der Waals surface area contributed by atoms with E-state index in [1.54, 1.807) is 69.3 Å². The van der Waals surface area contributed by atoms with Crippen molar-refractivity contribution in [3.63, 3.8) is 0 Å². The number of carbonyl (C=O) groups excluding carboxylic acids is 2. The first-order valence-corrected chi connectivity index (χ1v) is 9.11. The fourth-order valence-electron chi connectivity index (χ4n) is 2.27. The smallest absolute Gasteiger partial charge is 0.349 e. The first-order chi connectivity index (χ1) is 12.7. The quantitative estimate of drug-likeness (QED) is 0.340. The van der Waals surface area contributed by atoms with Crippen LogP contribution in [0.1, 0.15) is 36.7 Å². The molecule has 0 N–H and O–H groups in total. The Hall–Kier alpha value is -2.30. The summed E-state index contributed by atoms with van der Waals surface area (Å²) in [6, 6.07) is 11.6. The number of carbonyl (C=O) groups is 2. The minimum atomic E-state index is -1.12. The van der Waals surface area contributed by atoms with Gasteiger partial charge in [-0.05, 0) is 74.9 Å². The van der Waals surface area contributed by atoms with Crippen molar-refractivity contribution >= 4 is 41.0 Å². The van der Waals surface area contributed by atoms with Crippen molar-refractivity contribution in [2.45, 2.75) is 26.4 Å². The van der Waals surface area contributed by atoms with Crippen molar-refractivity contribution in [1.29, 1.82) is 0 Å². The molecule has 0 saturated carbocycles. The second-order valence-corrected chi connectivity index (χ2v) is 7.13. The average Bonchev–Trinajstić information content (AvgIpc) is 2.59. The highest BCUT2D eigenvalue weighted by atomic mass is 35.5. The molecule has 0 aliphatic carbocycles. The van der Waals surface area contributed by atoms with Crippen LogP contribution in [0, 0.1) is 0 Å². The third kappa shape index (κ3) is 6.12. The normalized spacial score (nSPS) is 11.4. The third-order valence-corrected chi connectivity index (χ3v) is 4.03. The van der Waals surface area contributed by atoms with Gasteiger partial charge in [-0.2, -0.15) is 0 Å². The molecule has 2 rings (SSSR count). The summed E-state index contributed by atoms with van der Waals surface area (Å²) in [4.78, 5) is 24.2. The van der Waals surface area contributed by atoms with E-state index in [1.807, 2.05) is 0 Å². The van der Waals surface area contributed by atoms with Gasteiger partial charge in [0.1, 0.15) is 5.75 Å². The van der Waals surface area contributed by atoms with Crippen LogP contribution in [0.3, 0.4) is 0 Å². The molecule has 0 saturated heterocycles. The van der Waals surface area contributed by atoms with E-state index in [2.05, 4.69) is 0 Å². The zero-order chi connectivity index (χ0) is 20.0. The lowest BCUT2D eigenvalue weighted by atomic mass is 10.1. The van der Waals surface area contributed by atoms with Crippen molar-refractivity contribution in [3.05, 3.63) is 69.7 Å². The van der Waals surface area contributed by atoms with Gasteiger partial charge >= 0.3 is 5.97 Å². The van der Waals surface area contributed by atoms with Gasteiger partial charge in [-0.15, -0.1) is 0 Å². The molecule has 0 radical (unpaired) electrons. The van der Waals surface area contributed by atoms with Crippen LogP contribution >= 0.6 is 23.2 Å². The average molecular weight is 407 g/mol. The number of allylic oxidation sites excluding steroid dienone is 1. The van der Waals surface area contributed by atoms with Gasteiger partial charge < -0.3 is 9.47 Å². The SMILES string of the molecule is CCOC(=O)C(C)(C)Oc1ccc(C(=O)/C=C/c2cc(Cl)cc(Cl)c2)cc1. The molecule has 142 valence electrons. The van der Waals surface area contributed by atoms with Crippen LogP contribution < -0.4 is 4.74 Å². The molecule has 0 aromatic heterocycles. The van der Waals surface area contributed by atoms with Crippen molar-refractivity contribution in [2.24, 2.45) is 0 Å². The van der Waals surface area contributed by atoms with E-state index in [-0.39, 0.29) is 12.4 Å². The summed E-state index contributed by atoms with van der Waals surface area (Å²) in [5, 5.41) is 1.00. The molecule has 0 heterocycles. The molecule has 6 heteroatoms. The van der Waals surface area contributed by atoms with E-state index in [4.69, 9.17) is 32.7 Å². The van der Waals surface area contributed by atoms with Crippen molar-refractivity contribution in [3.8, 4) is 5.75 Å². The van der Waals surface area contributed by atoms with Crippen LogP contribution in [-0.4, -0.2) is 24.0 Å². The second-order valence-electron chi connectivity index (χ2n) is 6.26. The minimum absolute atomic E-state index is 0.178. The molecule has 27 heavy (non-hydrogen) atoms. The molecule has 0 atom stereocenters. The van der Waals surface area contributed by atoms with Gasteiger partial charge in [0.25, 0.3) is 0 Å². The van der Waals surface area contributed by atoms with Gasteiger partial charge in [0, 0.05) is 15.6 Å². The number of halogens is 2. The summed E-state index contributed by atoms with van der Waals surface area (Å²) < 4.78 is 10.7. The summed E-state index contributed by atoms with van der Waals surface area (Å²) in [7, 11) is 0. The summed E-state index contributed by atoms with van der Waals surface area (Å²) in [5.74, 6) is -0.161. The Balaban J connectivity index is 2.07. The van der Waals surface area contributed by atoms with Crippen LogP contribution in [0.25, 0.3) is 6.08 Å². The molecule has 0 aliphatic heterocycles. The fraction of sp³-hybridized carbons (Fsp3) is 0.238. The Morgan fingerprint density at radius 2 is 1.63 bits per heavy atom. The highest BCUT2D eigenvalue weighted by Crippen LogP contribution is 2.22. The van der Waals surface area contributed by atoms with E-state index in [0.29, 0.717) is 21.4 Å². The first-order valence-electron chi connectivity index (χ1n) is 8.36. The maximum Gasteiger partial charge on any atom is 0.349 e. The lowest BCUT2D eigenvalue weighted by Crippen LogP contribution is -2.39. The lowest BCUT2D eigenvalue weighted by molar-refractivity contribution is -0.158. The molecule has 2 aromatic rings. The molecule has 0 amide bonds. The number of benzene rings is 2. The standard InChI is InChI=1S/C21H20Cl2O4/c1-4-26-20(25)21(2,3)27-18-8-6-15(7-9-18)19(24)10-5-14-11-16(22)13-17(23)12-14/h5-13H,4H2,1-3H3/b10-5+. The molecule has 0 aliphatic rings. The molecule has 2 aromatic carbocycles. The summed E-state index contributed by atoms with van der Waals surface area (Å²) in [6.45, 7) is 5.27. The van der Waals surface area contributed by atoms with Crippen molar-refractivity contribution < 1.29 is 19.1 Å². The van der Waals surface area contributed by atoms with Crippen LogP contribution in [-0.2, 0) is 9.53 Å². The van der Waals surface area contributed by atoms with E-state index < -0.39 is 11.6 Å². The van der Waals surface area contributed by atoms with Gasteiger partial charge in [-0.3, -0.25) is 4.79 Å². The van der Waals surface area contributed by atoms with Gasteiger partial charge in [-0.1, -0.05) is 29.3 Å². The summed E-state index contributed by atoms with van der Waals surface area (Å²) in [5.41, 5.74) is 0.102. The Labute approximate surface area is 168 Å². The number of esters is 1. The molecule has 0 unspecified atom stereocenters. The van der Waals surface area contributed by atoms with Gasteiger partial charge in [0.15, 0.2) is 11.4 Å². The van der Waals surface area contributed by atoms with Crippen LogP contribution in [0.5, 0.6) is 5.75 Å². The van der Waals surface area contributed by atoms with E-state index >= 15 is 0 Å². The number of hydrogen-bond acceptors (Lipinski definition) is 4. The maximum absolute atomic E-state index is 12.3. The predicted octanol–water partition coefficient (Wildman–Crippen LogP) is 5.61. The van der Waals surface area contributed by atoms with Crippen LogP contribution in [0.4, 0.5) is 0 Å². The molecular formula is C21H20Cl2O4. The Morgan fingerprint density at radius 3 is 2.19 bits per heavy atom. The Kier molecular flexibility index (Phi) is 7.05. The lowest BCUT2D eigenvalue weighted by Gasteiger charge is -2.24. The maximum atomic E-state index is 12.3. The number of ketones is 1. The van der Waals surface area contributed by atoms with Crippen LogP contribution in [0.15, 0.2) is 48.5 Å². The highest BCUT2D eigenvalue weighted by Gasteiger charge is 2.31. The zero-order valence-electron chi connectivity index (χ0n) is 15.3. The number of rotatable bonds is 7. The molecule has 4 nitrogen and oxygen atoms in total. The van der Waals surface area contributed by atoms with E-state index in [9.17, 15) is 9.59 Å². The van der Waals surface area contributed by atoms with E-state index in [1.165, 1.54) is 6.08 Å². The molecule has 0 bridgehead atoms. The number of hydrogen-bond donors (Lipinski definition) is 0. The summed E-state index contributed by atoms with van der Waals surface area (Å²) >= 11 is 11.9.